The standard InChI is InChI=1S/C26H18BrClF3N3O4/c1-14(25(36)37-2)38-22-19(27)10-15(11-20(22)28)13-32-34-23(16-6-5-7-17(12-16)26(29,30)31)33-21-9-4-3-8-18(21)24(34)35/h3-14H,1-2H3/t14-/m0/s1. The molecule has 7 nitrogen and oxygen atoms in total. The smallest absolute Gasteiger partial charge is 0.416 e. The number of benzene rings is 3. The van der Waals surface area contributed by atoms with Crippen molar-refractivity contribution in [1.29, 1.82) is 0 Å². The van der Waals surface area contributed by atoms with Crippen molar-refractivity contribution in [2.75, 3.05) is 7.11 Å². The molecule has 0 amide bonds. The van der Waals surface area contributed by atoms with Crippen molar-refractivity contribution in [3.63, 3.8) is 0 Å². The number of carbonyl (C=O) groups excluding carboxylic acids is 1. The number of esters is 1. The molecular weight excluding hydrogens is 591 g/mol. The molecule has 0 saturated heterocycles. The van der Waals surface area contributed by atoms with Crippen LogP contribution in [0.4, 0.5) is 13.2 Å². The minimum absolute atomic E-state index is 0.0552. The van der Waals surface area contributed by atoms with E-state index in [2.05, 4.69) is 30.8 Å². The molecule has 1 atom stereocenters. The van der Waals surface area contributed by atoms with Crippen molar-refractivity contribution in [2.45, 2.75) is 19.2 Å². The summed E-state index contributed by atoms with van der Waals surface area (Å²) in [6.45, 7) is 1.50. The number of aromatic nitrogens is 2. The number of fused-ring (bicyclic) bond motifs is 1. The lowest BCUT2D eigenvalue weighted by Gasteiger charge is -2.15. The average Bonchev–Trinajstić information content (AvgIpc) is 2.89. The largest absolute Gasteiger partial charge is 0.476 e. The molecular formula is C26H18BrClF3N3O4. The van der Waals surface area contributed by atoms with Gasteiger partial charge in [0.1, 0.15) is 0 Å². The Hall–Kier alpha value is -3.70. The molecule has 0 aliphatic rings. The zero-order valence-corrected chi connectivity index (χ0v) is 22.1. The average molecular weight is 609 g/mol. The molecule has 196 valence electrons. The molecule has 4 rings (SSSR count). The van der Waals surface area contributed by atoms with E-state index in [1.165, 1.54) is 38.4 Å². The van der Waals surface area contributed by atoms with Crippen LogP contribution in [-0.2, 0) is 15.7 Å². The zero-order chi connectivity index (χ0) is 27.6. The van der Waals surface area contributed by atoms with Crippen molar-refractivity contribution < 1.29 is 27.4 Å². The summed E-state index contributed by atoms with van der Waals surface area (Å²) in [5, 5.41) is 4.62. The summed E-state index contributed by atoms with van der Waals surface area (Å²) in [4.78, 5) is 29.4. The highest BCUT2D eigenvalue weighted by atomic mass is 79.9. The summed E-state index contributed by atoms with van der Waals surface area (Å²) < 4.78 is 51.6. The minimum Gasteiger partial charge on any atom is -0.476 e. The van der Waals surface area contributed by atoms with Gasteiger partial charge in [0, 0.05) is 5.56 Å². The van der Waals surface area contributed by atoms with E-state index in [9.17, 15) is 22.8 Å². The number of ether oxygens (including phenoxy) is 2. The maximum Gasteiger partial charge on any atom is 0.416 e. The number of hydrogen-bond acceptors (Lipinski definition) is 6. The highest BCUT2D eigenvalue weighted by Gasteiger charge is 2.31. The third-order valence-electron chi connectivity index (χ3n) is 5.37. The molecule has 0 bridgehead atoms. The van der Waals surface area contributed by atoms with Gasteiger partial charge >= 0.3 is 12.1 Å². The summed E-state index contributed by atoms with van der Waals surface area (Å²) >= 11 is 9.69. The molecule has 0 aliphatic heterocycles. The second-order valence-corrected chi connectivity index (χ2v) is 9.25. The number of rotatable bonds is 6. The van der Waals surface area contributed by atoms with E-state index in [1.807, 2.05) is 0 Å². The monoisotopic (exact) mass is 607 g/mol. The van der Waals surface area contributed by atoms with Crippen LogP contribution in [0.3, 0.4) is 0 Å². The molecule has 3 aromatic carbocycles. The van der Waals surface area contributed by atoms with E-state index in [4.69, 9.17) is 16.3 Å². The molecule has 0 unspecified atom stereocenters. The van der Waals surface area contributed by atoms with Gasteiger partial charge in [0.05, 0.1) is 39.3 Å². The molecule has 1 aromatic heterocycles. The lowest BCUT2D eigenvalue weighted by molar-refractivity contribution is -0.148. The fourth-order valence-electron chi connectivity index (χ4n) is 3.53. The fourth-order valence-corrected chi connectivity index (χ4v) is 4.49. The van der Waals surface area contributed by atoms with E-state index >= 15 is 0 Å². The quantitative estimate of drug-likeness (QED) is 0.189. The van der Waals surface area contributed by atoms with Gasteiger partial charge in [-0.2, -0.15) is 22.9 Å². The van der Waals surface area contributed by atoms with Gasteiger partial charge in [-0.1, -0.05) is 35.9 Å². The predicted octanol–water partition coefficient (Wildman–Crippen LogP) is 6.32. The Bertz CT molecular complexity index is 1600. The van der Waals surface area contributed by atoms with Crippen LogP contribution in [0.2, 0.25) is 5.02 Å². The van der Waals surface area contributed by atoms with E-state index in [1.54, 1.807) is 30.3 Å². The summed E-state index contributed by atoms with van der Waals surface area (Å²) in [6, 6.07) is 14.0. The van der Waals surface area contributed by atoms with Crippen LogP contribution in [0.1, 0.15) is 18.1 Å². The van der Waals surface area contributed by atoms with E-state index in [-0.39, 0.29) is 27.5 Å². The number of hydrogen-bond donors (Lipinski definition) is 0. The van der Waals surface area contributed by atoms with Crippen LogP contribution in [-0.4, -0.2) is 35.1 Å². The topological polar surface area (TPSA) is 82.8 Å². The Balaban J connectivity index is 1.81. The lowest BCUT2D eigenvalue weighted by Crippen LogP contribution is -2.25. The molecule has 1 heterocycles. The van der Waals surface area contributed by atoms with Crippen molar-refractivity contribution in [2.24, 2.45) is 5.10 Å². The first-order valence-electron chi connectivity index (χ1n) is 11.0. The van der Waals surface area contributed by atoms with Gasteiger partial charge in [0.15, 0.2) is 17.7 Å². The SMILES string of the molecule is COC(=O)[C@H](C)Oc1c(Cl)cc(C=Nn2c(-c3cccc(C(F)(F)F)c3)nc3ccccc3c2=O)cc1Br. The van der Waals surface area contributed by atoms with Gasteiger partial charge in [-0.15, -0.1) is 0 Å². The van der Waals surface area contributed by atoms with Crippen LogP contribution < -0.4 is 10.3 Å². The molecule has 0 saturated carbocycles. The normalized spacial score (nSPS) is 12.6. The predicted molar refractivity (Wildman–Crippen MR) is 141 cm³/mol. The second kappa shape index (κ2) is 11.0. The van der Waals surface area contributed by atoms with Gasteiger partial charge < -0.3 is 9.47 Å². The number of methoxy groups -OCH3 is 1. The molecule has 4 aromatic rings. The third kappa shape index (κ3) is 5.73. The highest BCUT2D eigenvalue weighted by Crippen LogP contribution is 2.35. The summed E-state index contributed by atoms with van der Waals surface area (Å²) in [7, 11) is 1.23. The minimum atomic E-state index is -4.58. The Kier molecular flexibility index (Phi) is 7.89. The number of halogens is 5. The number of carbonyl (C=O) groups is 1. The van der Waals surface area contributed by atoms with Crippen molar-refractivity contribution in [3.05, 3.63) is 91.6 Å². The van der Waals surface area contributed by atoms with E-state index < -0.39 is 29.4 Å². The van der Waals surface area contributed by atoms with Crippen molar-refractivity contribution >= 4 is 50.6 Å². The molecule has 0 radical (unpaired) electrons. The van der Waals surface area contributed by atoms with Gasteiger partial charge in [-0.3, -0.25) is 4.79 Å². The van der Waals surface area contributed by atoms with Gasteiger partial charge in [-0.25, -0.2) is 9.78 Å². The van der Waals surface area contributed by atoms with Gasteiger partial charge in [0.2, 0.25) is 0 Å². The molecule has 0 aliphatic carbocycles. The van der Waals surface area contributed by atoms with Crippen molar-refractivity contribution in [1.82, 2.24) is 9.66 Å². The fraction of sp³-hybridized carbons (Fsp3) is 0.154. The number of alkyl halides is 3. The third-order valence-corrected chi connectivity index (χ3v) is 6.24. The van der Waals surface area contributed by atoms with E-state index in [0.29, 0.717) is 15.6 Å². The van der Waals surface area contributed by atoms with Crippen LogP contribution in [0, 0.1) is 0 Å². The highest BCUT2D eigenvalue weighted by molar-refractivity contribution is 9.10. The Labute approximate surface area is 227 Å². The summed E-state index contributed by atoms with van der Waals surface area (Å²) in [5.74, 6) is -0.479. The van der Waals surface area contributed by atoms with Gasteiger partial charge in [0.25, 0.3) is 5.56 Å². The Morgan fingerprint density at radius 3 is 2.58 bits per heavy atom. The molecule has 38 heavy (non-hydrogen) atoms. The zero-order valence-electron chi connectivity index (χ0n) is 19.8. The maximum absolute atomic E-state index is 13.4. The molecule has 0 spiro atoms. The first-order chi connectivity index (χ1) is 18.0. The van der Waals surface area contributed by atoms with Crippen LogP contribution in [0.25, 0.3) is 22.3 Å². The molecule has 0 N–H and O–H groups in total. The van der Waals surface area contributed by atoms with Gasteiger partial charge in [-0.05, 0) is 64.8 Å². The lowest BCUT2D eigenvalue weighted by atomic mass is 10.1. The second-order valence-electron chi connectivity index (χ2n) is 7.99. The number of nitrogens with zero attached hydrogens (tertiary/aromatic N) is 3. The molecule has 12 heteroatoms. The Morgan fingerprint density at radius 2 is 1.89 bits per heavy atom. The Morgan fingerprint density at radius 1 is 1.16 bits per heavy atom. The summed E-state index contributed by atoms with van der Waals surface area (Å²) in [5.41, 5.74) is -0.672. The van der Waals surface area contributed by atoms with Crippen LogP contribution in [0.15, 0.2) is 75.0 Å². The van der Waals surface area contributed by atoms with Crippen molar-refractivity contribution in [3.8, 4) is 17.1 Å². The first-order valence-corrected chi connectivity index (χ1v) is 12.1. The van der Waals surface area contributed by atoms with E-state index in [0.717, 1.165) is 16.8 Å². The number of para-hydroxylation sites is 1. The molecule has 0 fully saturated rings. The van der Waals surface area contributed by atoms with Crippen LogP contribution in [0.5, 0.6) is 5.75 Å². The summed E-state index contributed by atoms with van der Waals surface area (Å²) in [6.07, 6.45) is -4.20. The van der Waals surface area contributed by atoms with Crippen LogP contribution >= 0.6 is 27.5 Å². The maximum atomic E-state index is 13.4. The first kappa shape index (κ1) is 27.3.